The van der Waals surface area contributed by atoms with Crippen LogP contribution in [0.4, 0.5) is 17.5 Å². The SMILES string of the molecule is O=C1CCC(N2Cc3c(NC(=O)CNc4ccnc(N5CCC[C@H]5CO)n4)cccc3C2=O)C(=O)N1. The fourth-order valence-corrected chi connectivity index (χ4v) is 4.94. The van der Waals surface area contributed by atoms with Gasteiger partial charge in [-0.15, -0.1) is 0 Å². The first-order chi connectivity index (χ1) is 17.4. The molecule has 1 aromatic heterocycles. The lowest BCUT2D eigenvalue weighted by Crippen LogP contribution is -2.52. The van der Waals surface area contributed by atoms with Gasteiger partial charge in [0.2, 0.25) is 23.7 Å². The van der Waals surface area contributed by atoms with Gasteiger partial charge in [-0.1, -0.05) is 6.07 Å². The number of benzene rings is 1. The molecule has 0 saturated carbocycles. The van der Waals surface area contributed by atoms with E-state index in [0.29, 0.717) is 28.6 Å². The third-order valence-corrected chi connectivity index (χ3v) is 6.77. The zero-order valence-corrected chi connectivity index (χ0v) is 19.6. The van der Waals surface area contributed by atoms with E-state index in [1.165, 1.54) is 4.90 Å². The molecule has 2 fully saturated rings. The summed E-state index contributed by atoms with van der Waals surface area (Å²) in [6, 6.07) is 5.99. The predicted octanol–water partition coefficient (Wildman–Crippen LogP) is 0.249. The van der Waals surface area contributed by atoms with Crippen LogP contribution in [0.1, 0.15) is 41.6 Å². The summed E-state index contributed by atoms with van der Waals surface area (Å²) < 4.78 is 0. The molecule has 188 valence electrons. The van der Waals surface area contributed by atoms with Gasteiger partial charge in [-0.3, -0.25) is 24.5 Å². The molecule has 0 radical (unpaired) electrons. The Morgan fingerprint density at radius 2 is 2.03 bits per heavy atom. The van der Waals surface area contributed by atoms with Crippen molar-refractivity contribution in [3.8, 4) is 0 Å². The van der Waals surface area contributed by atoms with Crippen LogP contribution in [-0.2, 0) is 20.9 Å². The Bertz CT molecular complexity index is 1220. The topological polar surface area (TPSA) is 157 Å². The first-order valence-corrected chi connectivity index (χ1v) is 12.0. The smallest absolute Gasteiger partial charge is 0.255 e. The minimum atomic E-state index is -0.721. The Hall–Kier alpha value is -4.06. The van der Waals surface area contributed by atoms with Crippen molar-refractivity contribution < 1.29 is 24.3 Å². The number of amides is 4. The number of aromatic nitrogens is 2. The number of carbonyl (C=O) groups excluding carboxylic acids is 4. The second-order valence-corrected chi connectivity index (χ2v) is 9.05. The maximum Gasteiger partial charge on any atom is 0.255 e. The molecule has 2 atom stereocenters. The van der Waals surface area contributed by atoms with Crippen molar-refractivity contribution in [3.63, 3.8) is 0 Å². The largest absolute Gasteiger partial charge is 0.394 e. The molecule has 4 amide bonds. The third-order valence-electron chi connectivity index (χ3n) is 6.77. The molecule has 2 aromatic rings. The number of rotatable bonds is 7. The van der Waals surface area contributed by atoms with Crippen molar-refractivity contribution in [3.05, 3.63) is 41.6 Å². The van der Waals surface area contributed by atoms with Crippen LogP contribution in [-0.4, -0.2) is 75.4 Å². The highest BCUT2D eigenvalue weighted by Gasteiger charge is 2.40. The van der Waals surface area contributed by atoms with Gasteiger partial charge in [-0.25, -0.2) is 4.98 Å². The molecule has 0 spiro atoms. The number of nitrogens with zero attached hydrogens (tertiary/aromatic N) is 4. The second-order valence-electron chi connectivity index (χ2n) is 9.05. The number of piperidine rings is 1. The fraction of sp³-hybridized carbons (Fsp3) is 0.417. The molecule has 5 rings (SSSR count). The number of aliphatic hydroxyl groups is 1. The molecule has 0 aliphatic carbocycles. The Morgan fingerprint density at radius 3 is 2.83 bits per heavy atom. The van der Waals surface area contributed by atoms with Crippen LogP contribution in [0.2, 0.25) is 0 Å². The molecule has 3 aliphatic heterocycles. The van der Waals surface area contributed by atoms with E-state index in [4.69, 9.17) is 0 Å². The molecule has 12 nitrogen and oxygen atoms in total. The van der Waals surface area contributed by atoms with Crippen molar-refractivity contribution in [1.29, 1.82) is 0 Å². The van der Waals surface area contributed by atoms with Crippen LogP contribution in [0.25, 0.3) is 0 Å². The van der Waals surface area contributed by atoms with E-state index in [2.05, 4.69) is 25.9 Å². The van der Waals surface area contributed by atoms with Crippen LogP contribution in [0.15, 0.2) is 30.5 Å². The monoisotopic (exact) mass is 493 g/mol. The molecule has 4 N–H and O–H groups in total. The number of fused-ring (bicyclic) bond motifs is 1. The van der Waals surface area contributed by atoms with E-state index >= 15 is 0 Å². The standard InChI is InChI=1S/C24H27N7O5/c32-13-14-3-2-10-30(14)24-25-9-8-19(28-24)26-11-21(34)27-17-5-1-4-15-16(17)12-31(23(15)36)18-6-7-20(33)29-22(18)35/h1,4-5,8-9,14,18,32H,2-3,6-7,10-13H2,(H,27,34)(H,25,26,28)(H,29,33,35)/t14-,18?/m0/s1. The molecule has 0 bridgehead atoms. The first-order valence-electron chi connectivity index (χ1n) is 12.0. The van der Waals surface area contributed by atoms with Gasteiger partial charge in [0, 0.05) is 42.5 Å². The molecule has 36 heavy (non-hydrogen) atoms. The Balaban J connectivity index is 1.23. The lowest BCUT2D eigenvalue weighted by Gasteiger charge is -2.29. The average molecular weight is 494 g/mol. The van der Waals surface area contributed by atoms with E-state index < -0.39 is 11.9 Å². The summed E-state index contributed by atoms with van der Waals surface area (Å²) in [5.74, 6) is -0.465. The number of hydrogen-bond donors (Lipinski definition) is 4. The zero-order chi connectivity index (χ0) is 25.2. The van der Waals surface area contributed by atoms with Crippen molar-refractivity contribution in [1.82, 2.24) is 20.2 Å². The minimum absolute atomic E-state index is 0.00817. The van der Waals surface area contributed by atoms with Crippen LogP contribution < -0.4 is 20.9 Å². The van der Waals surface area contributed by atoms with Crippen molar-refractivity contribution in [2.75, 3.05) is 35.2 Å². The fourth-order valence-electron chi connectivity index (χ4n) is 4.94. The van der Waals surface area contributed by atoms with Gasteiger partial charge < -0.3 is 25.5 Å². The summed E-state index contributed by atoms with van der Waals surface area (Å²) in [7, 11) is 0. The molecule has 2 saturated heterocycles. The van der Waals surface area contributed by atoms with Crippen LogP contribution in [0, 0.1) is 0 Å². The van der Waals surface area contributed by atoms with E-state index in [-0.39, 0.29) is 56.3 Å². The Kier molecular flexibility index (Phi) is 6.51. The Labute approximate surface area is 207 Å². The third kappa shape index (κ3) is 4.59. The van der Waals surface area contributed by atoms with Gasteiger partial charge in [0.25, 0.3) is 5.91 Å². The van der Waals surface area contributed by atoms with E-state index in [1.807, 2.05) is 4.90 Å². The Morgan fingerprint density at radius 1 is 1.17 bits per heavy atom. The summed E-state index contributed by atoms with van der Waals surface area (Å²) in [4.78, 5) is 61.6. The number of nitrogens with one attached hydrogen (secondary N) is 3. The van der Waals surface area contributed by atoms with Crippen molar-refractivity contribution in [2.24, 2.45) is 0 Å². The summed E-state index contributed by atoms with van der Waals surface area (Å²) in [6.45, 7) is 0.910. The summed E-state index contributed by atoms with van der Waals surface area (Å²) in [5, 5.41) is 17.7. The molecule has 4 heterocycles. The molecular weight excluding hydrogens is 466 g/mol. The number of carbonyl (C=O) groups is 4. The van der Waals surface area contributed by atoms with Crippen LogP contribution in [0.5, 0.6) is 0 Å². The lowest BCUT2D eigenvalue weighted by atomic mass is 10.0. The highest BCUT2D eigenvalue weighted by Crippen LogP contribution is 2.32. The van der Waals surface area contributed by atoms with Gasteiger partial charge in [-0.2, -0.15) is 4.98 Å². The molecule has 1 unspecified atom stereocenters. The van der Waals surface area contributed by atoms with Gasteiger partial charge >= 0.3 is 0 Å². The first kappa shape index (κ1) is 23.7. The normalized spacial score (nSPS) is 21.4. The van der Waals surface area contributed by atoms with Crippen molar-refractivity contribution in [2.45, 2.75) is 44.3 Å². The van der Waals surface area contributed by atoms with Crippen LogP contribution >= 0.6 is 0 Å². The molecular formula is C24H27N7O5. The number of aliphatic hydroxyl groups excluding tert-OH is 1. The second kappa shape index (κ2) is 9.90. The number of anilines is 3. The number of imide groups is 1. The zero-order valence-electron chi connectivity index (χ0n) is 19.6. The summed E-state index contributed by atoms with van der Waals surface area (Å²) in [5.41, 5.74) is 1.55. The molecule has 3 aliphatic rings. The van der Waals surface area contributed by atoms with Crippen LogP contribution in [0.3, 0.4) is 0 Å². The molecule has 12 heteroatoms. The summed E-state index contributed by atoms with van der Waals surface area (Å²) >= 11 is 0. The van der Waals surface area contributed by atoms with Gasteiger partial charge in [0.15, 0.2) is 0 Å². The van der Waals surface area contributed by atoms with Gasteiger partial charge in [0.05, 0.1) is 19.2 Å². The number of hydrogen-bond acceptors (Lipinski definition) is 9. The van der Waals surface area contributed by atoms with E-state index in [1.54, 1.807) is 30.5 Å². The van der Waals surface area contributed by atoms with Gasteiger partial charge in [-0.05, 0) is 37.5 Å². The highest BCUT2D eigenvalue weighted by atomic mass is 16.3. The van der Waals surface area contributed by atoms with E-state index in [0.717, 1.165) is 19.4 Å². The highest BCUT2D eigenvalue weighted by molar-refractivity contribution is 6.07. The van der Waals surface area contributed by atoms with E-state index in [9.17, 15) is 24.3 Å². The lowest BCUT2D eigenvalue weighted by molar-refractivity contribution is -0.137. The predicted molar refractivity (Wildman–Crippen MR) is 129 cm³/mol. The van der Waals surface area contributed by atoms with Crippen molar-refractivity contribution >= 4 is 41.1 Å². The average Bonchev–Trinajstić information content (AvgIpc) is 3.48. The maximum absolute atomic E-state index is 13.0. The minimum Gasteiger partial charge on any atom is -0.394 e. The summed E-state index contributed by atoms with van der Waals surface area (Å²) in [6.07, 6.45) is 3.89. The molecule has 1 aromatic carbocycles. The quantitative estimate of drug-likeness (QED) is 0.397. The maximum atomic E-state index is 13.0. The van der Waals surface area contributed by atoms with Gasteiger partial charge in [0.1, 0.15) is 11.9 Å².